The summed E-state index contributed by atoms with van der Waals surface area (Å²) in [5.41, 5.74) is -1.14. The van der Waals surface area contributed by atoms with Gasteiger partial charge in [-0.05, 0) is 51.5 Å². The van der Waals surface area contributed by atoms with Crippen LogP contribution >= 0.6 is 23.7 Å². The lowest BCUT2D eigenvalue weighted by Crippen LogP contribution is -2.34. The highest BCUT2D eigenvalue weighted by Gasteiger charge is 2.30. The summed E-state index contributed by atoms with van der Waals surface area (Å²) in [6, 6.07) is 7.79. The minimum Gasteiger partial charge on any atom is -0.462 e. The average Bonchev–Trinajstić information content (AvgIpc) is 2.76. The first-order chi connectivity index (χ1) is 16.0. The molecule has 0 aliphatic rings. The number of nitrogens with one attached hydrogen (secondary N) is 2. The van der Waals surface area contributed by atoms with Crippen LogP contribution in [-0.4, -0.2) is 40.9 Å². The zero-order valence-corrected chi connectivity index (χ0v) is 21.8. The minimum atomic E-state index is -4.01. The number of nitrogens with zero attached hydrogens (tertiary/aromatic N) is 1. The van der Waals surface area contributed by atoms with Gasteiger partial charge >= 0.3 is 19.4 Å². The van der Waals surface area contributed by atoms with E-state index in [2.05, 4.69) is 26.0 Å². The molecule has 0 aliphatic carbocycles. The van der Waals surface area contributed by atoms with E-state index in [1.54, 1.807) is 45.0 Å². The molecule has 2 rings (SSSR count). The zero-order valence-electron chi connectivity index (χ0n) is 19.4. The van der Waals surface area contributed by atoms with Gasteiger partial charge in [0.05, 0.1) is 18.8 Å². The quantitative estimate of drug-likeness (QED) is 0.278. The third-order valence-electron chi connectivity index (χ3n) is 4.34. The number of aromatic amines is 1. The summed E-state index contributed by atoms with van der Waals surface area (Å²) in [7, 11) is -4.01. The number of ether oxygens (including phenoxy) is 2. The van der Waals surface area contributed by atoms with Gasteiger partial charge in [-0.3, -0.25) is 23.7 Å². The maximum Gasteiger partial charge on any atom is 0.459 e. The number of benzene rings is 1. The van der Waals surface area contributed by atoms with Gasteiger partial charge in [-0.15, -0.1) is 0 Å². The van der Waals surface area contributed by atoms with Crippen LogP contribution in [0.4, 0.5) is 0 Å². The molecule has 0 fully saturated rings. The number of halogens is 1. The molecule has 0 spiro atoms. The van der Waals surface area contributed by atoms with E-state index in [9.17, 15) is 18.9 Å². The van der Waals surface area contributed by atoms with Crippen molar-refractivity contribution in [3.8, 4) is 5.75 Å². The van der Waals surface area contributed by atoms with Crippen molar-refractivity contribution < 1.29 is 27.9 Å². The van der Waals surface area contributed by atoms with Crippen LogP contribution in [0.15, 0.2) is 50.6 Å². The highest BCUT2D eigenvalue weighted by atomic mass is 79.9. The molecular formula is C21H29BrN3O8P. The Hall–Kier alpha value is -2.24. The molecule has 1 aromatic heterocycles. The van der Waals surface area contributed by atoms with E-state index in [1.165, 1.54) is 16.8 Å². The molecule has 3 atom stereocenters. The Labute approximate surface area is 205 Å². The van der Waals surface area contributed by atoms with Crippen molar-refractivity contribution in [1.82, 2.24) is 14.6 Å². The Bertz CT molecular complexity index is 1100. The monoisotopic (exact) mass is 561 g/mol. The number of H-pyrrole nitrogens is 1. The zero-order chi connectivity index (χ0) is 25.3. The smallest absolute Gasteiger partial charge is 0.459 e. The van der Waals surface area contributed by atoms with E-state index in [0.717, 1.165) is 4.47 Å². The number of aromatic nitrogens is 2. The van der Waals surface area contributed by atoms with Crippen molar-refractivity contribution >= 4 is 29.6 Å². The number of carbonyl (C=O) groups is 1. The molecule has 0 bridgehead atoms. The van der Waals surface area contributed by atoms with Crippen LogP contribution < -0.4 is 20.9 Å². The normalized spacial score (nSPS) is 14.9. The van der Waals surface area contributed by atoms with Crippen LogP contribution in [0.1, 0.15) is 40.3 Å². The Morgan fingerprint density at radius 3 is 2.44 bits per heavy atom. The van der Waals surface area contributed by atoms with E-state index in [-0.39, 0.29) is 18.5 Å². The second kappa shape index (κ2) is 13.0. The van der Waals surface area contributed by atoms with Gasteiger partial charge in [-0.2, -0.15) is 0 Å². The van der Waals surface area contributed by atoms with Gasteiger partial charge in [0.1, 0.15) is 18.5 Å². The van der Waals surface area contributed by atoms with Crippen LogP contribution in [-0.2, 0) is 23.4 Å². The SMILES string of the molecule is CCC(COP(=O)(NCC(=O)OC(C)C)Oc1ccc(Br)cc1)OC(C)n1ccc(=O)[nH]c1=O. The molecule has 13 heteroatoms. The average molecular weight is 562 g/mol. The first-order valence-electron chi connectivity index (χ1n) is 10.6. The van der Waals surface area contributed by atoms with Crippen molar-refractivity contribution in [2.24, 2.45) is 0 Å². The molecule has 0 amide bonds. The fourth-order valence-electron chi connectivity index (χ4n) is 2.70. The summed E-state index contributed by atoms with van der Waals surface area (Å²) in [6.45, 7) is 6.28. The third kappa shape index (κ3) is 9.19. The van der Waals surface area contributed by atoms with Crippen LogP contribution in [0.25, 0.3) is 0 Å². The summed E-state index contributed by atoms with van der Waals surface area (Å²) in [4.78, 5) is 37.4. The van der Waals surface area contributed by atoms with Gasteiger partial charge in [0, 0.05) is 16.7 Å². The lowest BCUT2D eigenvalue weighted by molar-refractivity contribution is -0.145. The van der Waals surface area contributed by atoms with E-state index in [4.69, 9.17) is 18.5 Å². The molecule has 34 heavy (non-hydrogen) atoms. The Morgan fingerprint density at radius 1 is 1.18 bits per heavy atom. The van der Waals surface area contributed by atoms with Crippen LogP contribution in [0.3, 0.4) is 0 Å². The first kappa shape index (κ1) is 28.0. The summed E-state index contributed by atoms with van der Waals surface area (Å²) in [5, 5.41) is 2.52. The van der Waals surface area contributed by atoms with Gasteiger partial charge in [0.2, 0.25) is 0 Å². The van der Waals surface area contributed by atoms with Crippen LogP contribution in [0, 0.1) is 0 Å². The van der Waals surface area contributed by atoms with Crippen molar-refractivity contribution in [3.05, 3.63) is 61.8 Å². The van der Waals surface area contributed by atoms with Crippen LogP contribution in [0.5, 0.6) is 5.75 Å². The van der Waals surface area contributed by atoms with Gasteiger partial charge in [0.25, 0.3) is 5.56 Å². The van der Waals surface area contributed by atoms with Gasteiger partial charge in [-0.1, -0.05) is 22.9 Å². The predicted octanol–water partition coefficient (Wildman–Crippen LogP) is 3.36. The lowest BCUT2D eigenvalue weighted by Gasteiger charge is -2.25. The second-order valence-electron chi connectivity index (χ2n) is 7.50. The number of carbonyl (C=O) groups excluding carboxylic acids is 1. The third-order valence-corrected chi connectivity index (χ3v) is 6.36. The Balaban J connectivity index is 2.10. The molecular weight excluding hydrogens is 533 g/mol. The largest absolute Gasteiger partial charge is 0.462 e. The van der Waals surface area contributed by atoms with E-state index in [0.29, 0.717) is 6.42 Å². The van der Waals surface area contributed by atoms with Crippen LogP contribution in [0.2, 0.25) is 0 Å². The highest BCUT2D eigenvalue weighted by molar-refractivity contribution is 9.10. The van der Waals surface area contributed by atoms with E-state index >= 15 is 0 Å². The van der Waals surface area contributed by atoms with Crippen molar-refractivity contribution in [3.63, 3.8) is 0 Å². The van der Waals surface area contributed by atoms with E-state index in [1.807, 2.05) is 6.92 Å². The molecule has 3 unspecified atom stereocenters. The second-order valence-corrected chi connectivity index (χ2v) is 10.2. The predicted molar refractivity (Wildman–Crippen MR) is 129 cm³/mol. The molecule has 2 aromatic rings. The standard InChI is InChI=1S/C21H29BrN3O8P/c1-5-17(32-15(4)25-11-10-19(26)24-21(25)28)13-30-34(29,23-12-20(27)31-14(2)3)33-18-8-6-16(22)7-9-18/h6-11,14-15,17H,5,12-13H2,1-4H3,(H,23,29)(H,24,26,28). The molecule has 1 aromatic carbocycles. The maximum absolute atomic E-state index is 13.4. The molecule has 0 saturated carbocycles. The molecule has 0 aliphatic heterocycles. The molecule has 0 radical (unpaired) electrons. The number of hydrogen-bond donors (Lipinski definition) is 2. The number of esters is 1. The first-order valence-corrected chi connectivity index (χ1v) is 13.0. The molecule has 0 saturated heterocycles. The summed E-state index contributed by atoms with van der Waals surface area (Å²) >= 11 is 3.31. The summed E-state index contributed by atoms with van der Waals surface area (Å²) < 4.78 is 37.5. The minimum absolute atomic E-state index is 0.168. The van der Waals surface area contributed by atoms with Crippen molar-refractivity contribution in [2.75, 3.05) is 13.2 Å². The van der Waals surface area contributed by atoms with E-state index < -0.39 is 43.8 Å². The summed E-state index contributed by atoms with van der Waals surface area (Å²) in [6.07, 6.45) is 0.121. The Kier molecular flexibility index (Phi) is 10.7. The Morgan fingerprint density at radius 2 is 1.85 bits per heavy atom. The van der Waals surface area contributed by atoms with Gasteiger partial charge in [-0.25, -0.2) is 14.4 Å². The number of rotatable bonds is 13. The molecule has 2 N–H and O–H groups in total. The fourth-order valence-corrected chi connectivity index (χ4v) is 4.25. The highest BCUT2D eigenvalue weighted by Crippen LogP contribution is 2.44. The molecule has 1 heterocycles. The lowest BCUT2D eigenvalue weighted by atomic mass is 10.3. The van der Waals surface area contributed by atoms with Crippen molar-refractivity contribution in [1.29, 1.82) is 0 Å². The topological polar surface area (TPSA) is 138 Å². The summed E-state index contributed by atoms with van der Waals surface area (Å²) in [5.74, 6) is -0.356. The molecule has 11 nitrogen and oxygen atoms in total. The number of hydrogen-bond acceptors (Lipinski definition) is 8. The van der Waals surface area contributed by atoms with Gasteiger partial charge in [0.15, 0.2) is 0 Å². The van der Waals surface area contributed by atoms with Crippen molar-refractivity contribution in [2.45, 2.75) is 52.6 Å². The fraction of sp³-hybridized carbons (Fsp3) is 0.476. The molecule has 188 valence electrons. The maximum atomic E-state index is 13.4. The van der Waals surface area contributed by atoms with Gasteiger partial charge < -0.3 is 14.0 Å².